The van der Waals surface area contributed by atoms with E-state index in [1.165, 1.54) is 25.0 Å². The first-order chi connectivity index (χ1) is 13.6. The number of hydrogen-bond donors (Lipinski definition) is 0. The van der Waals surface area contributed by atoms with Gasteiger partial charge in [0.05, 0.1) is 7.11 Å². The summed E-state index contributed by atoms with van der Waals surface area (Å²) in [6.07, 6.45) is 2.50. The number of hydrogen-bond acceptors (Lipinski definition) is 3. The highest BCUT2D eigenvalue weighted by atomic mass is 19.1. The van der Waals surface area contributed by atoms with Crippen molar-refractivity contribution >= 4 is 5.91 Å². The summed E-state index contributed by atoms with van der Waals surface area (Å²) < 4.78 is 18.7. The van der Waals surface area contributed by atoms with Gasteiger partial charge in [0.25, 0.3) is 5.91 Å². The second kappa shape index (κ2) is 8.31. The van der Waals surface area contributed by atoms with Gasteiger partial charge in [0.2, 0.25) is 0 Å². The average molecular weight is 382 g/mol. The van der Waals surface area contributed by atoms with Crippen molar-refractivity contribution in [3.8, 4) is 5.75 Å². The molecule has 2 aromatic rings. The molecule has 0 spiro atoms. The predicted molar refractivity (Wildman–Crippen MR) is 107 cm³/mol. The van der Waals surface area contributed by atoms with Gasteiger partial charge in [-0.05, 0) is 67.7 Å². The minimum Gasteiger partial charge on any atom is -0.497 e. The van der Waals surface area contributed by atoms with Gasteiger partial charge in [-0.15, -0.1) is 0 Å². The van der Waals surface area contributed by atoms with E-state index in [0.717, 1.165) is 31.7 Å². The maximum atomic E-state index is 13.4. The second-order valence-corrected chi connectivity index (χ2v) is 7.87. The Morgan fingerprint density at radius 2 is 1.86 bits per heavy atom. The van der Waals surface area contributed by atoms with Crippen molar-refractivity contribution in [1.82, 2.24) is 9.80 Å². The Hall–Kier alpha value is -2.40. The molecule has 2 aliphatic heterocycles. The number of likely N-dealkylation sites (tertiary alicyclic amines) is 2. The topological polar surface area (TPSA) is 32.8 Å². The molecule has 2 unspecified atom stereocenters. The van der Waals surface area contributed by atoms with Crippen LogP contribution in [0.15, 0.2) is 48.5 Å². The maximum absolute atomic E-state index is 13.4. The zero-order valence-electron chi connectivity index (χ0n) is 16.3. The molecule has 4 nitrogen and oxygen atoms in total. The minimum absolute atomic E-state index is 0.0370. The van der Waals surface area contributed by atoms with Crippen molar-refractivity contribution < 1.29 is 13.9 Å². The molecule has 2 heterocycles. The highest BCUT2D eigenvalue weighted by Crippen LogP contribution is 2.35. The van der Waals surface area contributed by atoms with E-state index < -0.39 is 0 Å². The van der Waals surface area contributed by atoms with Gasteiger partial charge in [0, 0.05) is 31.1 Å². The molecule has 2 saturated heterocycles. The van der Waals surface area contributed by atoms with Crippen LogP contribution in [0.1, 0.15) is 34.7 Å². The zero-order valence-corrected chi connectivity index (χ0v) is 16.3. The smallest absolute Gasteiger partial charge is 0.254 e. The fraction of sp³-hybridized carbons (Fsp3) is 0.435. The number of benzene rings is 2. The molecule has 5 heteroatoms. The molecule has 148 valence electrons. The third-order valence-corrected chi connectivity index (χ3v) is 6.03. The van der Waals surface area contributed by atoms with E-state index in [-0.39, 0.29) is 17.6 Å². The molecule has 2 atom stereocenters. The van der Waals surface area contributed by atoms with Gasteiger partial charge in [-0.25, -0.2) is 4.39 Å². The predicted octanol–water partition coefficient (Wildman–Crippen LogP) is 3.79. The maximum Gasteiger partial charge on any atom is 0.254 e. The van der Waals surface area contributed by atoms with Crippen molar-refractivity contribution in [2.45, 2.75) is 18.8 Å². The van der Waals surface area contributed by atoms with Crippen LogP contribution in [-0.4, -0.2) is 55.5 Å². The zero-order chi connectivity index (χ0) is 19.5. The lowest BCUT2D eigenvalue weighted by Crippen LogP contribution is -2.32. The van der Waals surface area contributed by atoms with Crippen molar-refractivity contribution in [2.24, 2.45) is 5.92 Å². The van der Waals surface area contributed by atoms with Crippen molar-refractivity contribution in [1.29, 1.82) is 0 Å². The second-order valence-electron chi connectivity index (χ2n) is 7.87. The summed E-state index contributed by atoms with van der Waals surface area (Å²) in [4.78, 5) is 17.6. The molecule has 0 N–H and O–H groups in total. The minimum atomic E-state index is -0.220. The van der Waals surface area contributed by atoms with Gasteiger partial charge in [0.1, 0.15) is 11.6 Å². The Bertz CT molecular complexity index is 818. The van der Waals surface area contributed by atoms with Crippen LogP contribution in [0.3, 0.4) is 0 Å². The van der Waals surface area contributed by atoms with Gasteiger partial charge < -0.3 is 14.5 Å². The number of nitrogens with zero attached hydrogens (tertiary/aromatic N) is 2. The highest BCUT2D eigenvalue weighted by Gasteiger charge is 2.37. The van der Waals surface area contributed by atoms with E-state index in [1.807, 2.05) is 35.2 Å². The van der Waals surface area contributed by atoms with E-state index in [9.17, 15) is 9.18 Å². The molecule has 0 aromatic heterocycles. The normalized spacial score (nSPS) is 22.6. The molecule has 2 fully saturated rings. The first-order valence-electron chi connectivity index (χ1n) is 10.0. The summed E-state index contributed by atoms with van der Waals surface area (Å²) in [5.74, 6) is 1.10. The molecule has 2 aliphatic rings. The molecular formula is C23H27FN2O2. The van der Waals surface area contributed by atoms with Crippen molar-refractivity contribution in [3.05, 3.63) is 65.5 Å². The first kappa shape index (κ1) is 18.9. The fourth-order valence-electron chi connectivity index (χ4n) is 4.55. The molecule has 0 bridgehead atoms. The Kier molecular flexibility index (Phi) is 5.62. The summed E-state index contributed by atoms with van der Waals surface area (Å²) in [5, 5.41) is 0. The largest absolute Gasteiger partial charge is 0.497 e. The van der Waals surface area contributed by atoms with Crippen LogP contribution >= 0.6 is 0 Å². The Balaban J connectivity index is 1.55. The van der Waals surface area contributed by atoms with Crippen LogP contribution in [0, 0.1) is 11.7 Å². The van der Waals surface area contributed by atoms with Crippen molar-refractivity contribution in [2.75, 3.05) is 39.8 Å². The summed E-state index contributed by atoms with van der Waals surface area (Å²) in [7, 11) is 1.61. The molecule has 0 radical (unpaired) electrons. The number of carbonyl (C=O) groups is 1. The molecule has 2 aromatic carbocycles. The van der Waals surface area contributed by atoms with Crippen LogP contribution in [0.25, 0.3) is 0 Å². The van der Waals surface area contributed by atoms with Gasteiger partial charge in [-0.2, -0.15) is 0 Å². The van der Waals surface area contributed by atoms with E-state index in [1.54, 1.807) is 13.2 Å². The lowest BCUT2D eigenvalue weighted by molar-refractivity contribution is 0.0783. The quantitative estimate of drug-likeness (QED) is 0.789. The van der Waals surface area contributed by atoms with Crippen LogP contribution < -0.4 is 4.74 Å². The van der Waals surface area contributed by atoms with Crippen LogP contribution in [-0.2, 0) is 0 Å². The van der Waals surface area contributed by atoms with Crippen LogP contribution in [0.4, 0.5) is 4.39 Å². The van der Waals surface area contributed by atoms with E-state index >= 15 is 0 Å². The third kappa shape index (κ3) is 4.04. The monoisotopic (exact) mass is 382 g/mol. The Morgan fingerprint density at radius 3 is 2.57 bits per heavy atom. The lowest BCUT2D eigenvalue weighted by Gasteiger charge is -2.24. The highest BCUT2D eigenvalue weighted by molar-refractivity contribution is 5.94. The molecule has 28 heavy (non-hydrogen) atoms. The summed E-state index contributed by atoms with van der Waals surface area (Å²) in [5.41, 5.74) is 1.77. The number of methoxy groups -OCH3 is 1. The van der Waals surface area contributed by atoms with Crippen LogP contribution in [0.2, 0.25) is 0 Å². The molecule has 1 amide bonds. The molecule has 4 rings (SSSR count). The van der Waals surface area contributed by atoms with Gasteiger partial charge in [-0.1, -0.05) is 18.2 Å². The first-order valence-corrected chi connectivity index (χ1v) is 10.0. The Labute approximate surface area is 165 Å². The number of amides is 1. The number of ether oxygens (including phenoxy) is 1. The van der Waals surface area contributed by atoms with Gasteiger partial charge in [0.15, 0.2) is 0 Å². The fourth-order valence-corrected chi connectivity index (χ4v) is 4.55. The van der Waals surface area contributed by atoms with Gasteiger partial charge in [-0.3, -0.25) is 4.79 Å². The lowest BCUT2D eigenvalue weighted by atomic mass is 9.88. The summed E-state index contributed by atoms with van der Waals surface area (Å²) in [6, 6.07) is 14.1. The number of rotatable bonds is 5. The average Bonchev–Trinajstić information content (AvgIpc) is 3.38. The third-order valence-electron chi connectivity index (χ3n) is 6.03. The molecule has 0 saturated carbocycles. The standard InChI is InChI=1S/C23H27FN2O2/c1-28-21-6-4-5-18(13-21)23(27)26-15-19(14-25-11-2-3-12-25)22(16-26)17-7-9-20(24)10-8-17/h4-10,13,19,22H,2-3,11-12,14-16H2,1H3. The molecular weight excluding hydrogens is 355 g/mol. The molecule has 0 aliphatic carbocycles. The summed E-state index contributed by atoms with van der Waals surface area (Å²) in [6.45, 7) is 4.66. The van der Waals surface area contributed by atoms with Crippen molar-refractivity contribution in [3.63, 3.8) is 0 Å². The van der Waals surface area contributed by atoms with Gasteiger partial charge >= 0.3 is 0 Å². The Morgan fingerprint density at radius 1 is 1.11 bits per heavy atom. The van der Waals surface area contributed by atoms with Crippen LogP contribution in [0.5, 0.6) is 5.75 Å². The van der Waals surface area contributed by atoms with E-state index in [4.69, 9.17) is 4.74 Å². The number of carbonyl (C=O) groups excluding carboxylic acids is 1. The van der Waals surface area contributed by atoms with E-state index in [2.05, 4.69) is 4.90 Å². The number of halogens is 1. The SMILES string of the molecule is COc1cccc(C(=O)N2CC(CN3CCCC3)C(c3ccc(F)cc3)C2)c1. The summed E-state index contributed by atoms with van der Waals surface area (Å²) >= 11 is 0. The van der Waals surface area contributed by atoms with E-state index in [0.29, 0.717) is 23.8 Å².